The Bertz CT molecular complexity index is 549. The van der Waals surface area contributed by atoms with Gasteiger partial charge in [0, 0.05) is 25.9 Å². The average Bonchev–Trinajstić information content (AvgIpc) is 2.81. The Labute approximate surface area is 103 Å². The van der Waals surface area contributed by atoms with Crippen molar-refractivity contribution in [3.05, 3.63) is 34.2 Å². The lowest BCUT2D eigenvalue weighted by molar-refractivity contribution is -0.141. The number of carboxylic acids is 1. The fourth-order valence-corrected chi connectivity index (χ4v) is 2.15. The molecule has 18 heavy (non-hydrogen) atoms. The standard InChI is InChI=1S/C12H14N2O4/c1-13-7-8(4-5-10(13)15)11(16)14-6-2-3-9(14)12(17)18/h4-5,7,9H,2-3,6H2,1H3,(H,17,18)/t9-/m1/s1. The highest BCUT2D eigenvalue weighted by molar-refractivity contribution is 5.96. The summed E-state index contributed by atoms with van der Waals surface area (Å²) in [5.41, 5.74) is 0.132. The second-order valence-electron chi connectivity index (χ2n) is 4.36. The van der Waals surface area contributed by atoms with E-state index in [9.17, 15) is 14.4 Å². The van der Waals surface area contributed by atoms with Crippen LogP contribution in [-0.2, 0) is 11.8 Å². The van der Waals surface area contributed by atoms with Crippen molar-refractivity contribution in [1.29, 1.82) is 0 Å². The van der Waals surface area contributed by atoms with Crippen LogP contribution in [0.15, 0.2) is 23.1 Å². The molecule has 0 bridgehead atoms. The van der Waals surface area contributed by atoms with Gasteiger partial charge in [-0.3, -0.25) is 9.59 Å². The van der Waals surface area contributed by atoms with E-state index in [1.165, 1.54) is 27.8 Å². The van der Waals surface area contributed by atoms with Crippen molar-refractivity contribution in [2.45, 2.75) is 18.9 Å². The van der Waals surface area contributed by atoms with Crippen LogP contribution in [0.25, 0.3) is 0 Å². The van der Waals surface area contributed by atoms with E-state index in [0.717, 1.165) is 0 Å². The molecule has 0 unspecified atom stereocenters. The number of hydrogen-bond acceptors (Lipinski definition) is 3. The Morgan fingerprint density at radius 1 is 1.39 bits per heavy atom. The molecule has 1 amide bonds. The summed E-state index contributed by atoms with van der Waals surface area (Å²) in [6, 6.07) is 1.98. The fraction of sp³-hybridized carbons (Fsp3) is 0.417. The van der Waals surface area contributed by atoms with Gasteiger partial charge in [0.1, 0.15) is 6.04 Å². The molecule has 2 heterocycles. The predicted molar refractivity (Wildman–Crippen MR) is 63.4 cm³/mol. The molecule has 2 rings (SSSR count). The van der Waals surface area contributed by atoms with E-state index >= 15 is 0 Å². The summed E-state index contributed by atoms with van der Waals surface area (Å²) in [6.07, 6.45) is 2.60. The molecule has 1 fully saturated rings. The summed E-state index contributed by atoms with van der Waals surface area (Å²) in [5, 5.41) is 9.03. The number of carbonyl (C=O) groups excluding carboxylic acids is 1. The Morgan fingerprint density at radius 3 is 2.72 bits per heavy atom. The van der Waals surface area contributed by atoms with Crippen LogP contribution in [0.1, 0.15) is 23.2 Å². The molecular weight excluding hydrogens is 236 g/mol. The number of hydrogen-bond donors (Lipinski definition) is 1. The van der Waals surface area contributed by atoms with E-state index in [1.54, 1.807) is 7.05 Å². The maximum absolute atomic E-state index is 12.2. The van der Waals surface area contributed by atoms with Gasteiger partial charge in [0.25, 0.3) is 5.91 Å². The number of likely N-dealkylation sites (tertiary alicyclic amines) is 1. The van der Waals surface area contributed by atoms with Crippen molar-refractivity contribution in [3.8, 4) is 0 Å². The third-order valence-corrected chi connectivity index (χ3v) is 3.13. The first-order valence-electron chi connectivity index (χ1n) is 5.71. The molecule has 1 aromatic rings. The number of rotatable bonds is 2. The number of aliphatic carboxylic acids is 1. The van der Waals surface area contributed by atoms with Crippen LogP contribution >= 0.6 is 0 Å². The molecule has 1 atom stereocenters. The number of carboxylic acid groups (broad SMARTS) is 1. The first-order chi connectivity index (χ1) is 8.50. The van der Waals surface area contributed by atoms with E-state index < -0.39 is 12.0 Å². The first kappa shape index (κ1) is 12.3. The minimum absolute atomic E-state index is 0.206. The molecule has 0 aliphatic carbocycles. The van der Waals surface area contributed by atoms with E-state index in [0.29, 0.717) is 24.9 Å². The molecule has 1 N–H and O–H groups in total. The lowest BCUT2D eigenvalue weighted by Gasteiger charge is -2.21. The number of carbonyl (C=O) groups is 2. The third kappa shape index (κ3) is 2.13. The van der Waals surface area contributed by atoms with Gasteiger partial charge >= 0.3 is 5.97 Å². The SMILES string of the molecule is Cn1cc(C(=O)N2CCC[C@@H]2C(=O)O)ccc1=O. The summed E-state index contributed by atoms with van der Waals surface area (Å²) in [6.45, 7) is 0.443. The molecule has 6 nitrogen and oxygen atoms in total. The van der Waals surface area contributed by atoms with Crippen molar-refractivity contribution in [2.75, 3.05) is 6.54 Å². The maximum atomic E-state index is 12.2. The zero-order chi connectivity index (χ0) is 13.3. The molecule has 1 aliphatic heterocycles. The van der Waals surface area contributed by atoms with Gasteiger partial charge in [-0.15, -0.1) is 0 Å². The van der Waals surface area contributed by atoms with Gasteiger partial charge < -0.3 is 14.6 Å². The minimum atomic E-state index is -0.981. The van der Waals surface area contributed by atoms with Gasteiger partial charge in [0.2, 0.25) is 5.56 Å². The number of pyridine rings is 1. The highest BCUT2D eigenvalue weighted by Crippen LogP contribution is 2.19. The van der Waals surface area contributed by atoms with Crippen LogP contribution in [0.2, 0.25) is 0 Å². The van der Waals surface area contributed by atoms with Gasteiger partial charge in [-0.25, -0.2) is 4.79 Å². The number of amides is 1. The van der Waals surface area contributed by atoms with Gasteiger partial charge in [0.05, 0.1) is 5.56 Å². The maximum Gasteiger partial charge on any atom is 0.326 e. The Morgan fingerprint density at radius 2 is 2.11 bits per heavy atom. The number of aryl methyl sites for hydroxylation is 1. The number of nitrogens with zero attached hydrogens (tertiary/aromatic N) is 2. The monoisotopic (exact) mass is 250 g/mol. The predicted octanol–water partition coefficient (Wildman–Crippen LogP) is 0.0745. The Hall–Kier alpha value is -2.11. The largest absolute Gasteiger partial charge is 0.480 e. The molecule has 0 radical (unpaired) electrons. The summed E-state index contributed by atoms with van der Waals surface area (Å²) in [7, 11) is 1.55. The second-order valence-corrected chi connectivity index (χ2v) is 4.36. The molecule has 1 aliphatic rings. The molecule has 6 heteroatoms. The smallest absolute Gasteiger partial charge is 0.326 e. The lowest BCUT2D eigenvalue weighted by atomic mass is 10.2. The van der Waals surface area contributed by atoms with Gasteiger partial charge in [-0.05, 0) is 18.9 Å². The third-order valence-electron chi connectivity index (χ3n) is 3.13. The van der Waals surface area contributed by atoms with E-state index in [1.807, 2.05) is 0 Å². The quantitative estimate of drug-likeness (QED) is 0.805. The van der Waals surface area contributed by atoms with Crippen LogP contribution in [0.4, 0.5) is 0 Å². The van der Waals surface area contributed by atoms with Crippen LogP contribution < -0.4 is 5.56 Å². The van der Waals surface area contributed by atoms with Crippen molar-refractivity contribution in [1.82, 2.24) is 9.47 Å². The highest BCUT2D eigenvalue weighted by Gasteiger charge is 2.34. The molecule has 0 spiro atoms. The topological polar surface area (TPSA) is 79.6 Å². The van der Waals surface area contributed by atoms with Crippen molar-refractivity contribution in [3.63, 3.8) is 0 Å². The van der Waals surface area contributed by atoms with Gasteiger partial charge in [-0.2, -0.15) is 0 Å². The summed E-state index contributed by atoms with van der Waals surface area (Å²) in [5.74, 6) is -1.32. The number of aromatic nitrogens is 1. The fourth-order valence-electron chi connectivity index (χ4n) is 2.15. The molecule has 0 saturated carbocycles. The van der Waals surface area contributed by atoms with Crippen LogP contribution in [0, 0.1) is 0 Å². The normalized spacial score (nSPS) is 18.9. The minimum Gasteiger partial charge on any atom is -0.480 e. The van der Waals surface area contributed by atoms with Gasteiger partial charge in [-0.1, -0.05) is 0 Å². The molecular formula is C12H14N2O4. The average molecular weight is 250 g/mol. The summed E-state index contributed by atoms with van der Waals surface area (Å²) in [4.78, 5) is 35.8. The van der Waals surface area contributed by atoms with E-state index in [2.05, 4.69) is 0 Å². The molecule has 0 aromatic carbocycles. The van der Waals surface area contributed by atoms with Crippen LogP contribution in [0.5, 0.6) is 0 Å². The van der Waals surface area contributed by atoms with Crippen molar-refractivity contribution in [2.24, 2.45) is 7.05 Å². The lowest BCUT2D eigenvalue weighted by Crippen LogP contribution is -2.40. The zero-order valence-electron chi connectivity index (χ0n) is 10.00. The molecule has 96 valence electrons. The Kier molecular flexibility index (Phi) is 3.18. The molecule has 1 aromatic heterocycles. The van der Waals surface area contributed by atoms with E-state index in [-0.39, 0.29) is 11.5 Å². The van der Waals surface area contributed by atoms with E-state index in [4.69, 9.17) is 5.11 Å². The summed E-state index contributed by atoms with van der Waals surface area (Å²) >= 11 is 0. The zero-order valence-corrected chi connectivity index (χ0v) is 10.00. The first-order valence-corrected chi connectivity index (χ1v) is 5.71. The van der Waals surface area contributed by atoms with Crippen LogP contribution in [0.3, 0.4) is 0 Å². The summed E-state index contributed by atoms with van der Waals surface area (Å²) < 4.78 is 1.30. The molecule has 1 saturated heterocycles. The van der Waals surface area contributed by atoms with Crippen molar-refractivity contribution < 1.29 is 14.7 Å². The van der Waals surface area contributed by atoms with Crippen molar-refractivity contribution >= 4 is 11.9 Å². The van der Waals surface area contributed by atoms with Crippen LogP contribution in [-0.4, -0.2) is 39.0 Å². The van der Waals surface area contributed by atoms with Gasteiger partial charge in [0.15, 0.2) is 0 Å². The highest BCUT2D eigenvalue weighted by atomic mass is 16.4. The Balaban J connectivity index is 2.28. The second kappa shape index (κ2) is 4.64.